The molecule has 0 spiro atoms. The maximum Gasteiger partial charge on any atom is 0.326 e. The first-order valence-electron chi connectivity index (χ1n) is 22.5. The number of nitrogens with two attached hydrogens (primary N) is 4. The molecule has 1 aromatic carbocycles. The first-order chi connectivity index (χ1) is 31.6. The third kappa shape index (κ3) is 19.3. The number of aromatic hydroxyl groups is 1. The van der Waals surface area contributed by atoms with Gasteiger partial charge in [0.2, 0.25) is 41.4 Å². The highest BCUT2D eigenvalue weighted by molar-refractivity contribution is 5.98. The summed E-state index contributed by atoms with van der Waals surface area (Å²) >= 11 is 0. The number of phenolic OH excluding ortho intramolecular Hbond substituents is 1. The molecule has 0 saturated carbocycles. The number of amides is 7. The van der Waals surface area contributed by atoms with Crippen molar-refractivity contribution in [1.29, 1.82) is 0 Å². The van der Waals surface area contributed by atoms with Crippen molar-refractivity contribution in [3.63, 3.8) is 0 Å². The van der Waals surface area contributed by atoms with Gasteiger partial charge in [0.25, 0.3) is 0 Å². The Hall–Kier alpha value is -6.11. The van der Waals surface area contributed by atoms with Crippen LogP contribution in [0.3, 0.4) is 0 Å². The summed E-state index contributed by atoms with van der Waals surface area (Å²) in [4.78, 5) is 112. The largest absolute Gasteiger partial charge is 0.508 e. The van der Waals surface area contributed by atoms with Crippen LogP contribution in [-0.2, 0) is 44.8 Å². The number of aliphatic hydroxyl groups excluding tert-OH is 2. The van der Waals surface area contributed by atoms with Crippen LogP contribution in [0.5, 0.6) is 5.75 Å². The van der Waals surface area contributed by atoms with Crippen LogP contribution < -0.4 is 54.8 Å². The molecule has 1 aliphatic heterocycles. The third-order valence-corrected chi connectivity index (χ3v) is 10.9. The number of aliphatic imine (C=N–C) groups is 1. The van der Waals surface area contributed by atoms with Crippen molar-refractivity contribution >= 4 is 53.3 Å². The smallest absolute Gasteiger partial charge is 0.326 e. The number of nitrogens with one attached hydrogen (secondary N) is 6. The number of carbonyl (C=O) groups is 8. The Morgan fingerprint density at radius 3 is 1.81 bits per heavy atom. The molecule has 8 atom stereocenters. The van der Waals surface area contributed by atoms with Crippen LogP contribution >= 0.6 is 0 Å². The maximum atomic E-state index is 13.7. The molecule has 1 fully saturated rings. The zero-order chi connectivity index (χ0) is 50.4. The third-order valence-electron chi connectivity index (χ3n) is 10.9. The fraction of sp³-hybridized carbons (Fsp3) is 0.651. The van der Waals surface area contributed by atoms with E-state index in [1.54, 1.807) is 27.7 Å². The number of likely N-dealkylation sites (tertiary alicyclic amines) is 1. The molecule has 2 rings (SSSR count). The molecule has 0 aliphatic carbocycles. The van der Waals surface area contributed by atoms with Crippen LogP contribution in [0.1, 0.15) is 84.6 Å². The van der Waals surface area contributed by atoms with Gasteiger partial charge >= 0.3 is 5.97 Å². The Kier molecular flexibility index (Phi) is 24.5. The lowest BCUT2D eigenvalue weighted by molar-refractivity contribution is -0.142. The lowest BCUT2D eigenvalue weighted by Crippen LogP contribution is -2.61. The fourth-order valence-electron chi connectivity index (χ4n) is 7.21. The molecule has 1 aromatic rings. The van der Waals surface area contributed by atoms with Crippen molar-refractivity contribution in [1.82, 2.24) is 36.8 Å². The Balaban J connectivity index is 2.21. The van der Waals surface area contributed by atoms with Gasteiger partial charge in [-0.25, -0.2) is 4.79 Å². The van der Waals surface area contributed by atoms with Gasteiger partial charge in [0.05, 0.1) is 19.3 Å². The summed E-state index contributed by atoms with van der Waals surface area (Å²) in [6.45, 7) is 5.69. The van der Waals surface area contributed by atoms with E-state index in [4.69, 9.17) is 22.9 Å². The van der Waals surface area contributed by atoms with Gasteiger partial charge < -0.3 is 80.2 Å². The van der Waals surface area contributed by atoms with Crippen LogP contribution in [0, 0.1) is 11.8 Å². The summed E-state index contributed by atoms with van der Waals surface area (Å²) in [5.41, 5.74) is 22.8. The Bertz CT molecular complexity index is 1850. The van der Waals surface area contributed by atoms with Gasteiger partial charge in [-0.15, -0.1) is 0 Å². The van der Waals surface area contributed by atoms with Gasteiger partial charge in [0.15, 0.2) is 5.96 Å². The van der Waals surface area contributed by atoms with Crippen LogP contribution in [0.15, 0.2) is 29.3 Å². The zero-order valence-corrected chi connectivity index (χ0v) is 38.7. The standard InChI is InChI=1S/C43H72N12O12/c1-23(2)19-29(50-38(62)32(22-57)53-40(64)34(24(3)4)54-39(63)33-11-8-18-55(33)41(65)27(45)9-5-6-16-44)35(59)52-31(21-56)37(61)51-30(20-25-12-14-26(58)15-13-25)36(60)49-28(42(66)67)10-7-17-48-43(46)47/h12-15,23-24,27-34,56-58H,5-11,16-22,44-45H2,1-4H3,(H,49,60)(H,50,62)(H,51,61)(H,52,59)(H,53,64)(H,54,63)(H,66,67)(H4,46,47,48)/t27-,28-,29-,30-,31-,32-,33-,34-/m0/s1. The summed E-state index contributed by atoms with van der Waals surface area (Å²) in [6.07, 6.45) is 2.47. The molecule has 0 radical (unpaired) electrons. The lowest BCUT2D eigenvalue weighted by Gasteiger charge is -2.30. The second-order valence-electron chi connectivity index (χ2n) is 17.3. The summed E-state index contributed by atoms with van der Waals surface area (Å²) in [6, 6.07) is -4.91. The maximum absolute atomic E-state index is 13.7. The molecule has 0 aromatic heterocycles. The zero-order valence-electron chi connectivity index (χ0n) is 38.7. The highest BCUT2D eigenvalue weighted by Crippen LogP contribution is 2.20. The summed E-state index contributed by atoms with van der Waals surface area (Å²) in [5.74, 6) is -8.18. The normalized spacial score (nSPS) is 16.6. The molecule has 7 amide bonds. The minimum Gasteiger partial charge on any atom is -0.508 e. The molecule has 24 nitrogen and oxygen atoms in total. The van der Waals surface area contributed by atoms with E-state index in [9.17, 15) is 58.8 Å². The topological polar surface area (TPSA) is 409 Å². The monoisotopic (exact) mass is 949 g/mol. The molecule has 0 bridgehead atoms. The number of phenols is 1. The van der Waals surface area contributed by atoms with Gasteiger partial charge in [0.1, 0.15) is 48.0 Å². The number of rotatable bonds is 29. The lowest BCUT2D eigenvalue weighted by atomic mass is 10.0. The number of carboxylic acids is 1. The van der Waals surface area contributed by atoms with E-state index in [-0.39, 0.29) is 55.8 Å². The number of hydrogen-bond acceptors (Lipinski definition) is 14. The Labute approximate surface area is 390 Å². The van der Waals surface area contributed by atoms with Crippen LogP contribution in [-0.4, -0.2) is 160 Å². The second kappa shape index (κ2) is 28.8. The molecule has 67 heavy (non-hydrogen) atoms. The Morgan fingerprint density at radius 1 is 0.731 bits per heavy atom. The number of guanidine groups is 1. The first kappa shape index (κ1) is 57.0. The van der Waals surface area contributed by atoms with E-state index >= 15 is 0 Å². The average Bonchev–Trinajstić information content (AvgIpc) is 3.77. The van der Waals surface area contributed by atoms with Gasteiger partial charge in [-0.1, -0.05) is 46.2 Å². The van der Waals surface area contributed by atoms with Crippen molar-refractivity contribution in [2.24, 2.45) is 39.8 Å². The number of nitrogens with zero attached hydrogens (tertiary/aromatic N) is 2. The number of aliphatic carboxylic acids is 1. The molecular weight excluding hydrogens is 877 g/mol. The van der Waals surface area contributed by atoms with Crippen LogP contribution in [0.4, 0.5) is 0 Å². The number of carboxylic acid groups (broad SMARTS) is 1. The van der Waals surface area contributed by atoms with E-state index in [1.807, 2.05) is 0 Å². The van der Waals surface area contributed by atoms with Crippen molar-refractivity contribution in [3.05, 3.63) is 29.8 Å². The molecule has 1 saturated heterocycles. The van der Waals surface area contributed by atoms with Crippen molar-refractivity contribution < 1.29 is 58.8 Å². The van der Waals surface area contributed by atoms with Crippen LogP contribution in [0.2, 0.25) is 0 Å². The summed E-state index contributed by atoms with van der Waals surface area (Å²) in [5, 5.41) is 54.8. The number of hydrogen-bond donors (Lipinski definition) is 14. The fourth-order valence-corrected chi connectivity index (χ4v) is 7.21. The average molecular weight is 949 g/mol. The molecule has 376 valence electrons. The number of aliphatic hydroxyl groups is 2. The minimum atomic E-state index is -1.70. The Morgan fingerprint density at radius 2 is 1.27 bits per heavy atom. The van der Waals surface area contributed by atoms with Crippen molar-refractivity contribution in [2.45, 2.75) is 134 Å². The van der Waals surface area contributed by atoms with Crippen LogP contribution in [0.25, 0.3) is 0 Å². The van der Waals surface area contributed by atoms with Gasteiger partial charge in [-0.05, 0) is 81.0 Å². The van der Waals surface area contributed by atoms with E-state index in [1.165, 1.54) is 29.2 Å². The van der Waals surface area contributed by atoms with Crippen molar-refractivity contribution in [3.8, 4) is 5.75 Å². The quantitative estimate of drug-likeness (QED) is 0.0207. The molecular formula is C43H72N12O12. The van der Waals surface area contributed by atoms with E-state index < -0.39 is 109 Å². The molecule has 1 aliphatic rings. The van der Waals surface area contributed by atoms with E-state index in [0.29, 0.717) is 50.8 Å². The highest BCUT2D eigenvalue weighted by atomic mass is 16.4. The number of carbonyl (C=O) groups excluding carboxylic acids is 7. The first-order valence-corrected chi connectivity index (χ1v) is 22.5. The predicted octanol–water partition coefficient (Wildman–Crippen LogP) is -3.88. The SMILES string of the molecule is CC(C)C[C@H](NC(=O)[C@H](CO)NC(=O)[C@@H](NC(=O)[C@@H]1CCCN1C(=O)[C@@H](N)CCCCN)C(C)C)C(=O)N[C@@H](CO)C(=O)N[C@@H](Cc1ccc(O)cc1)C(=O)N[C@@H](CCCN=C(N)N)C(=O)O. The molecule has 1 heterocycles. The number of unbranched alkanes of at least 4 members (excludes halogenated alkanes) is 1. The van der Waals surface area contributed by atoms with Gasteiger partial charge in [0, 0.05) is 19.5 Å². The van der Waals surface area contributed by atoms with Gasteiger partial charge in [-0.2, -0.15) is 0 Å². The predicted molar refractivity (Wildman–Crippen MR) is 245 cm³/mol. The molecule has 24 heteroatoms. The number of benzene rings is 1. The van der Waals surface area contributed by atoms with Crippen molar-refractivity contribution in [2.75, 3.05) is 32.8 Å². The summed E-state index contributed by atoms with van der Waals surface area (Å²) < 4.78 is 0. The van der Waals surface area contributed by atoms with E-state index in [0.717, 1.165) is 0 Å². The second-order valence-corrected chi connectivity index (χ2v) is 17.3. The highest BCUT2D eigenvalue weighted by Gasteiger charge is 2.39. The minimum absolute atomic E-state index is 0.0208. The molecule has 18 N–H and O–H groups in total. The summed E-state index contributed by atoms with van der Waals surface area (Å²) in [7, 11) is 0. The van der Waals surface area contributed by atoms with E-state index in [2.05, 4.69) is 36.9 Å². The molecule has 0 unspecified atom stereocenters. The van der Waals surface area contributed by atoms with Gasteiger partial charge in [-0.3, -0.25) is 38.6 Å².